The molecule has 1 fully saturated rings. The molecule has 1 saturated heterocycles. The number of nitrogens with one attached hydrogen (secondary N) is 1. The van der Waals surface area contributed by atoms with Gasteiger partial charge in [-0.3, -0.25) is 4.79 Å². The fraction of sp³-hybridized carbons (Fsp3) is 0.273. The maximum Gasteiger partial charge on any atom is 0.410 e. The zero-order valence-corrected chi connectivity index (χ0v) is 26.4. The van der Waals surface area contributed by atoms with Crippen LogP contribution in [0, 0.1) is 6.92 Å². The third kappa shape index (κ3) is 7.18. The molecule has 1 N–H and O–H groups in total. The van der Waals surface area contributed by atoms with Crippen molar-refractivity contribution in [2.24, 2.45) is 0 Å². The van der Waals surface area contributed by atoms with Gasteiger partial charge < -0.3 is 19.9 Å². The summed E-state index contributed by atoms with van der Waals surface area (Å²) in [5, 5.41) is 9.24. The standard InChI is InChI=1S/C33H34N8O3S/c1-22-36-28(19-29(37-22)39-14-16-40(17-15-39)32(43)44-33(2,3)4)38-31-34-21-26(45-31)12-10-23-11-13-27-25(18-23)20-35-41(27)30(42)24-8-6-5-7-9-24/h5-13,18-21H,14-17H2,1-4H3,(H,34,36,37,38)/b12-10+. The zero-order chi connectivity index (χ0) is 31.6. The number of thiazole rings is 1. The Balaban J connectivity index is 1.09. The summed E-state index contributed by atoms with van der Waals surface area (Å²) in [5.74, 6) is 1.94. The number of hydrogen-bond donors (Lipinski definition) is 1. The molecule has 230 valence electrons. The molecule has 4 heterocycles. The molecule has 11 nitrogen and oxygen atoms in total. The van der Waals surface area contributed by atoms with E-state index in [1.807, 2.05) is 88.5 Å². The number of ether oxygens (including phenoxy) is 1. The monoisotopic (exact) mass is 622 g/mol. The quantitative estimate of drug-likeness (QED) is 0.234. The first-order valence-electron chi connectivity index (χ1n) is 14.7. The SMILES string of the molecule is Cc1nc(Nc2ncc(/C=C/c3ccc4c(cnn4C(=O)c4ccccc4)c3)s2)cc(N2CCN(C(=O)OC(C)(C)C)CC2)n1. The highest BCUT2D eigenvalue weighted by Crippen LogP contribution is 2.26. The molecule has 1 aliphatic heterocycles. The Morgan fingerprint density at radius 1 is 0.956 bits per heavy atom. The van der Waals surface area contributed by atoms with Crippen molar-refractivity contribution in [2.75, 3.05) is 36.4 Å². The number of nitrogens with zero attached hydrogens (tertiary/aromatic N) is 7. The lowest BCUT2D eigenvalue weighted by Crippen LogP contribution is -2.50. The average Bonchev–Trinajstić information content (AvgIpc) is 3.65. The van der Waals surface area contributed by atoms with Crippen LogP contribution < -0.4 is 10.2 Å². The minimum Gasteiger partial charge on any atom is -0.444 e. The molecule has 5 aromatic rings. The molecular formula is C33H34N8O3S. The third-order valence-electron chi connectivity index (χ3n) is 7.08. The third-order valence-corrected chi connectivity index (χ3v) is 7.96. The fourth-order valence-electron chi connectivity index (χ4n) is 4.95. The van der Waals surface area contributed by atoms with Crippen molar-refractivity contribution in [3.8, 4) is 0 Å². The molecule has 1 aliphatic rings. The molecule has 6 rings (SSSR count). The molecule has 0 bridgehead atoms. The van der Waals surface area contributed by atoms with Crippen LogP contribution in [0.2, 0.25) is 0 Å². The van der Waals surface area contributed by atoms with E-state index in [-0.39, 0.29) is 12.0 Å². The molecule has 12 heteroatoms. The number of anilines is 3. The van der Waals surface area contributed by atoms with Gasteiger partial charge in [0.25, 0.3) is 5.91 Å². The maximum absolute atomic E-state index is 12.9. The van der Waals surface area contributed by atoms with Gasteiger partial charge in [-0.1, -0.05) is 41.7 Å². The molecule has 0 aliphatic carbocycles. The predicted octanol–water partition coefficient (Wildman–Crippen LogP) is 6.25. The Bertz CT molecular complexity index is 1870. The van der Waals surface area contributed by atoms with Gasteiger partial charge in [0, 0.05) is 54.3 Å². The number of aryl methyl sites for hydroxylation is 1. The summed E-state index contributed by atoms with van der Waals surface area (Å²) in [5.41, 5.74) is 1.82. The van der Waals surface area contributed by atoms with Gasteiger partial charge in [0.15, 0.2) is 5.13 Å². The molecule has 0 radical (unpaired) electrons. The van der Waals surface area contributed by atoms with Crippen LogP contribution in [0.4, 0.5) is 21.6 Å². The minimum absolute atomic E-state index is 0.162. The lowest BCUT2D eigenvalue weighted by atomic mass is 10.1. The van der Waals surface area contributed by atoms with Gasteiger partial charge in [-0.25, -0.2) is 19.7 Å². The van der Waals surface area contributed by atoms with E-state index in [0.717, 1.165) is 27.2 Å². The zero-order valence-electron chi connectivity index (χ0n) is 25.6. The van der Waals surface area contributed by atoms with E-state index in [0.29, 0.717) is 48.5 Å². The second kappa shape index (κ2) is 12.5. The van der Waals surface area contributed by atoms with E-state index in [1.165, 1.54) is 16.0 Å². The minimum atomic E-state index is -0.519. The fourth-order valence-corrected chi connectivity index (χ4v) is 5.68. The van der Waals surface area contributed by atoms with Gasteiger partial charge in [0.2, 0.25) is 0 Å². The smallest absolute Gasteiger partial charge is 0.410 e. The number of rotatable bonds is 6. The van der Waals surface area contributed by atoms with E-state index in [4.69, 9.17) is 4.74 Å². The van der Waals surface area contributed by atoms with E-state index in [9.17, 15) is 9.59 Å². The number of amides is 1. The second-order valence-electron chi connectivity index (χ2n) is 11.7. The van der Waals surface area contributed by atoms with Crippen molar-refractivity contribution < 1.29 is 14.3 Å². The van der Waals surface area contributed by atoms with Crippen LogP contribution in [0.1, 0.15) is 47.4 Å². The normalized spacial score (nSPS) is 13.9. The lowest BCUT2D eigenvalue weighted by Gasteiger charge is -2.36. The Hall–Kier alpha value is -5.10. The number of fused-ring (bicyclic) bond motifs is 1. The van der Waals surface area contributed by atoms with Gasteiger partial charge >= 0.3 is 6.09 Å². The maximum atomic E-state index is 12.9. The Kier molecular flexibility index (Phi) is 8.31. The van der Waals surface area contributed by atoms with Gasteiger partial charge in [-0.15, -0.1) is 0 Å². The Labute approximate surface area is 265 Å². The average molecular weight is 623 g/mol. The van der Waals surface area contributed by atoms with Gasteiger partial charge in [0.05, 0.1) is 11.7 Å². The first kappa shape index (κ1) is 29.9. The summed E-state index contributed by atoms with van der Waals surface area (Å²) in [7, 11) is 0. The van der Waals surface area contributed by atoms with Crippen LogP contribution >= 0.6 is 11.3 Å². The van der Waals surface area contributed by atoms with Crippen LogP contribution in [0.5, 0.6) is 0 Å². The number of benzene rings is 2. The Morgan fingerprint density at radius 3 is 2.49 bits per heavy atom. The molecule has 0 atom stereocenters. The first-order valence-corrected chi connectivity index (χ1v) is 15.5. The summed E-state index contributed by atoms with van der Waals surface area (Å²) in [4.78, 5) is 43.9. The summed E-state index contributed by atoms with van der Waals surface area (Å²) in [6.07, 6.45) is 7.25. The van der Waals surface area contributed by atoms with Crippen LogP contribution in [0.25, 0.3) is 23.1 Å². The van der Waals surface area contributed by atoms with Crippen molar-refractivity contribution in [3.05, 3.63) is 88.8 Å². The van der Waals surface area contributed by atoms with Gasteiger partial charge in [-0.2, -0.15) is 9.78 Å². The summed E-state index contributed by atoms with van der Waals surface area (Å²) < 4.78 is 6.95. The van der Waals surface area contributed by atoms with Crippen LogP contribution in [-0.2, 0) is 4.74 Å². The highest BCUT2D eigenvalue weighted by atomic mass is 32.1. The number of carbonyl (C=O) groups excluding carboxylic acids is 2. The van der Waals surface area contributed by atoms with E-state index < -0.39 is 5.60 Å². The van der Waals surface area contributed by atoms with E-state index in [2.05, 4.69) is 30.3 Å². The van der Waals surface area contributed by atoms with Gasteiger partial charge in [-0.05, 0) is 63.6 Å². The Morgan fingerprint density at radius 2 is 1.73 bits per heavy atom. The van der Waals surface area contributed by atoms with Crippen molar-refractivity contribution in [1.29, 1.82) is 0 Å². The number of piperazine rings is 1. The van der Waals surface area contributed by atoms with Gasteiger partial charge in [0.1, 0.15) is 23.1 Å². The second-order valence-corrected chi connectivity index (χ2v) is 12.7. The summed E-state index contributed by atoms with van der Waals surface area (Å²) in [6.45, 7) is 9.89. The molecule has 2 aromatic carbocycles. The van der Waals surface area contributed by atoms with Crippen LogP contribution in [0.15, 0.2) is 67.0 Å². The summed E-state index contributed by atoms with van der Waals surface area (Å²) >= 11 is 1.51. The molecule has 0 spiro atoms. The molecule has 1 amide bonds. The molecule has 45 heavy (non-hydrogen) atoms. The number of carbonyl (C=O) groups is 2. The molecule has 0 saturated carbocycles. The highest BCUT2D eigenvalue weighted by Gasteiger charge is 2.26. The first-order chi connectivity index (χ1) is 21.6. The van der Waals surface area contributed by atoms with Crippen LogP contribution in [-0.4, -0.2) is 73.4 Å². The molecule has 3 aromatic heterocycles. The van der Waals surface area contributed by atoms with E-state index in [1.54, 1.807) is 23.2 Å². The molecule has 0 unspecified atom stereocenters. The molecular weight excluding hydrogens is 588 g/mol. The van der Waals surface area contributed by atoms with Crippen molar-refractivity contribution in [1.82, 2.24) is 29.6 Å². The lowest BCUT2D eigenvalue weighted by molar-refractivity contribution is 0.0240. The topological polar surface area (TPSA) is 118 Å². The van der Waals surface area contributed by atoms with Crippen molar-refractivity contribution in [2.45, 2.75) is 33.3 Å². The number of aromatic nitrogens is 5. The van der Waals surface area contributed by atoms with Crippen LogP contribution in [0.3, 0.4) is 0 Å². The summed E-state index contributed by atoms with van der Waals surface area (Å²) in [6, 6.07) is 16.9. The largest absolute Gasteiger partial charge is 0.444 e. The van der Waals surface area contributed by atoms with E-state index >= 15 is 0 Å². The van der Waals surface area contributed by atoms with Crippen molar-refractivity contribution in [3.63, 3.8) is 0 Å². The highest BCUT2D eigenvalue weighted by molar-refractivity contribution is 7.16. The predicted molar refractivity (Wildman–Crippen MR) is 177 cm³/mol. The van der Waals surface area contributed by atoms with Crippen molar-refractivity contribution >= 4 is 63.2 Å². The number of hydrogen-bond acceptors (Lipinski definition) is 10.